The molecule has 1 aliphatic rings. The zero-order chi connectivity index (χ0) is 15.3. The van der Waals surface area contributed by atoms with Gasteiger partial charge in [-0.2, -0.15) is 0 Å². The third-order valence-corrected chi connectivity index (χ3v) is 7.34. The maximum atomic E-state index is 12.7. The monoisotopic (exact) mass is 324 g/mol. The second-order valence-electron chi connectivity index (χ2n) is 4.83. The van der Waals surface area contributed by atoms with Crippen LogP contribution in [0.15, 0.2) is 46.7 Å². The zero-order valence-corrected chi connectivity index (χ0v) is 12.7. The van der Waals surface area contributed by atoms with Crippen molar-refractivity contribution in [3.8, 4) is 0 Å². The molecule has 0 N–H and O–H groups in total. The second kappa shape index (κ2) is 4.60. The first-order chi connectivity index (χ1) is 9.84. The molecule has 1 atom stereocenters. The summed E-state index contributed by atoms with van der Waals surface area (Å²) in [5.41, 5.74) is 0.869. The summed E-state index contributed by atoms with van der Waals surface area (Å²) in [4.78, 5) is 7.70. The summed E-state index contributed by atoms with van der Waals surface area (Å²) in [6, 6.07) is 6.14. The van der Waals surface area contributed by atoms with Gasteiger partial charge in [0.05, 0.1) is 5.75 Å². The van der Waals surface area contributed by atoms with Crippen molar-refractivity contribution in [2.45, 2.75) is 22.2 Å². The Labute approximate surface area is 122 Å². The predicted molar refractivity (Wildman–Crippen MR) is 75.2 cm³/mol. The smallest absolute Gasteiger partial charge is 0.203 e. The van der Waals surface area contributed by atoms with Crippen LogP contribution in [0.2, 0.25) is 0 Å². The van der Waals surface area contributed by atoms with Gasteiger partial charge in [-0.05, 0) is 30.7 Å². The maximum absolute atomic E-state index is 12.7. The van der Waals surface area contributed by atoms with Gasteiger partial charge in [-0.15, -0.1) is 0 Å². The SMILES string of the molecule is Cc1ccnc2c1C(S(=O)(=O)c1ccccn1)CS2(=O)=O. The van der Waals surface area contributed by atoms with Gasteiger partial charge in [-0.3, -0.25) is 0 Å². The number of aromatic nitrogens is 2. The number of pyridine rings is 2. The Morgan fingerprint density at radius 2 is 1.90 bits per heavy atom. The van der Waals surface area contributed by atoms with E-state index in [0.717, 1.165) is 0 Å². The van der Waals surface area contributed by atoms with Crippen molar-refractivity contribution in [1.29, 1.82) is 0 Å². The zero-order valence-electron chi connectivity index (χ0n) is 11.1. The van der Waals surface area contributed by atoms with Gasteiger partial charge in [0.25, 0.3) is 0 Å². The van der Waals surface area contributed by atoms with E-state index >= 15 is 0 Å². The molecule has 3 rings (SSSR count). The fraction of sp³-hybridized carbons (Fsp3) is 0.231. The summed E-state index contributed by atoms with van der Waals surface area (Å²) in [6.07, 6.45) is 2.74. The number of fused-ring (bicyclic) bond motifs is 1. The first-order valence-electron chi connectivity index (χ1n) is 6.17. The summed E-state index contributed by atoms with van der Waals surface area (Å²) in [6.45, 7) is 1.68. The Morgan fingerprint density at radius 3 is 2.57 bits per heavy atom. The fourth-order valence-corrected chi connectivity index (χ4v) is 6.74. The lowest BCUT2D eigenvalue weighted by Gasteiger charge is -2.12. The van der Waals surface area contributed by atoms with Crippen molar-refractivity contribution >= 4 is 19.7 Å². The van der Waals surface area contributed by atoms with Crippen molar-refractivity contribution in [2.24, 2.45) is 0 Å². The standard InChI is InChI=1S/C13H12N2O4S2/c1-9-5-7-15-13-12(9)10(8-20(13,16)17)21(18,19)11-4-2-3-6-14-11/h2-7,10H,8H2,1H3. The van der Waals surface area contributed by atoms with E-state index in [0.29, 0.717) is 5.56 Å². The Hall–Kier alpha value is -1.80. The van der Waals surface area contributed by atoms with Crippen LogP contribution in [0.1, 0.15) is 16.4 Å². The van der Waals surface area contributed by atoms with E-state index in [4.69, 9.17) is 0 Å². The van der Waals surface area contributed by atoms with Gasteiger partial charge in [0.15, 0.2) is 19.9 Å². The molecule has 0 aromatic carbocycles. The van der Waals surface area contributed by atoms with Crippen molar-refractivity contribution in [3.63, 3.8) is 0 Å². The van der Waals surface area contributed by atoms with Crippen LogP contribution in [0.3, 0.4) is 0 Å². The molecule has 6 nitrogen and oxygen atoms in total. The lowest BCUT2D eigenvalue weighted by atomic mass is 10.1. The molecule has 0 fully saturated rings. The molecule has 0 aliphatic carbocycles. The van der Waals surface area contributed by atoms with E-state index in [1.54, 1.807) is 25.1 Å². The molecule has 0 saturated heterocycles. The lowest BCUT2D eigenvalue weighted by molar-refractivity contribution is 0.579. The normalized spacial score (nSPS) is 20.1. The molecule has 2 aromatic heterocycles. The number of hydrogen-bond donors (Lipinski definition) is 0. The molecule has 1 unspecified atom stereocenters. The first-order valence-corrected chi connectivity index (χ1v) is 9.37. The molecule has 0 amide bonds. The summed E-state index contributed by atoms with van der Waals surface area (Å²) in [7, 11) is -7.56. The van der Waals surface area contributed by atoms with Gasteiger partial charge >= 0.3 is 0 Å². The van der Waals surface area contributed by atoms with E-state index in [2.05, 4.69) is 9.97 Å². The Morgan fingerprint density at radius 1 is 1.14 bits per heavy atom. The molecular formula is C13H12N2O4S2. The summed E-state index contributed by atoms with van der Waals surface area (Å²) >= 11 is 0. The molecule has 8 heteroatoms. The molecule has 21 heavy (non-hydrogen) atoms. The highest BCUT2D eigenvalue weighted by Crippen LogP contribution is 2.41. The van der Waals surface area contributed by atoms with Gasteiger partial charge in [-0.1, -0.05) is 6.07 Å². The van der Waals surface area contributed by atoms with Crippen LogP contribution in [-0.4, -0.2) is 32.6 Å². The van der Waals surface area contributed by atoms with E-state index < -0.39 is 30.7 Å². The molecule has 3 heterocycles. The predicted octanol–water partition coefficient (Wildman–Crippen LogP) is 1.09. The Bertz CT molecular complexity index is 906. The van der Waals surface area contributed by atoms with E-state index in [9.17, 15) is 16.8 Å². The second-order valence-corrected chi connectivity index (χ2v) is 8.86. The maximum Gasteiger partial charge on any atom is 0.203 e. The first kappa shape index (κ1) is 14.2. The molecule has 2 aromatic rings. The highest BCUT2D eigenvalue weighted by Gasteiger charge is 2.45. The minimum Gasteiger partial charge on any atom is -0.245 e. The highest BCUT2D eigenvalue weighted by atomic mass is 32.2. The van der Waals surface area contributed by atoms with Crippen LogP contribution >= 0.6 is 0 Å². The summed E-state index contributed by atoms with van der Waals surface area (Å²) < 4.78 is 49.7. The van der Waals surface area contributed by atoms with Crippen LogP contribution in [0.5, 0.6) is 0 Å². The van der Waals surface area contributed by atoms with Crippen molar-refractivity contribution < 1.29 is 16.8 Å². The summed E-state index contributed by atoms with van der Waals surface area (Å²) in [5.74, 6) is -0.487. The molecule has 110 valence electrons. The van der Waals surface area contributed by atoms with Crippen LogP contribution in [-0.2, 0) is 19.7 Å². The number of sulfone groups is 2. The van der Waals surface area contributed by atoms with Gasteiger partial charge in [0.2, 0.25) is 9.84 Å². The largest absolute Gasteiger partial charge is 0.245 e. The third-order valence-electron chi connectivity index (χ3n) is 3.46. The van der Waals surface area contributed by atoms with Crippen LogP contribution in [0.25, 0.3) is 0 Å². The van der Waals surface area contributed by atoms with Crippen LogP contribution in [0.4, 0.5) is 0 Å². The highest BCUT2D eigenvalue weighted by molar-refractivity contribution is 7.96. The minimum atomic E-state index is -3.88. The topological polar surface area (TPSA) is 94.1 Å². The van der Waals surface area contributed by atoms with Crippen LogP contribution < -0.4 is 0 Å². The van der Waals surface area contributed by atoms with Crippen molar-refractivity contribution in [1.82, 2.24) is 9.97 Å². The van der Waals surface area contributed by atoms with Gasteiger partial charge < -0.3 is 0 Å². The quantitative estimate of drug-likeness (QED) is 0.820. The van der Waals surface area contributed by atoms with Crippen LogP contribution in [0, 0.1) is 6.92 Å². The third kappa shape index (κ3) is 2.14. The van der Waals surface area contributed by atoms with Crippen molar-refractivity contribution in [2.75, 3.05) is 5.75 Å². The molecular weight excluding hydrogens is 312 g/mol. The Balaban J connectivity index is 2.24. The Kier molecular flexibility index (Phi) is 3.10. The minimum absolute atomic E-state index is 0.124. The van der Waals surface area contributed by atoms with E-state index in [1.807, 2.05) is 0 Å². The van der Waals surface area contributed by atoms with Gasteiger partial charge in [-0.25, -0.2) is 26.8 Å². The van der Waals surface area contributed by atoms with Gasteiger partial charge in [0, 0.05) is 18.0 Å². The molecule has 0 radical (unpaired) electrons. The van der Waals surface area contributed by atoms with Gasteiger partial charge in [0.1, 0.15) is 5.25 Å². The molecule has 0 bridgehead atoms. The molecule has 0 spiro atoms. The number of rotatable bonds is 2. The fourth-order valence-electron chi connectivity index (χ4n) is 2.45. The molecule has 0 saturated carbocycles. The van der Waals surface area contributed by atoms with Crippen molar-refractivity contribution in [3.05, 3.63) is 47.8 Å². The number of aryl methyl sites for hydroxylation is 1. The number of nitrogens with zero attached hydrogens (tertiary/aromatic N) is 2. The average Bonchev–Trinajstić information content (AvgIpc) is 2.74. The lowest BCUT2D eigenvalue weighted by Crippen LogP contribution is -2.17. The summed E-state index contributed by atoms with van der Waals surface area (Å²) in [5, 5.41) is -1.41. The van der Waals surface area contributed by atoms with E-state index in [1.165, 1.54) is 18.5 Å². The molecule has 1 aliphatic heterocycles. The van der Waals surface area contributed by atoms with E-state index in [-0.39, 0.29) is 15.6 Å². The number of hydrogen-bond acceptors (Lipinski definition) is 6. The average molecular weight is 324 g/mol.